The van der Waals surface area contributed by atoms with E-state index in [2.05, 4.69) is 304 Å². The molecule has 0 saturated carbocycles. The van der Waals surface area contributed by atoms with Gasteiger partial charge in [-0.05, 0) is 150 Å². The fourth-order valence-electron chi connectivity index (χ4n) is 11.7. The van der Waals surface area contributed by atoms with Gasteiger partial charge in [0.15, 0.2) is 0 Å². The third-order valence-electron chi connectivity index (χ3n) is 16.1. The summed E-state index contributed by atoms with van der Waals surface area (Å²) in [5.74, 6) is 0. The summed E-state index contributed by atoms with van der Waals surface area (Å²) in [6.07, 6.45) is 0. The van der Waals surface area contributed by atoms with Crippen molar-refractivity contribution in [2.75, 3.05) is 14.7 Å². The van der Waals surface area contributed by atoms with Crippen LogP contribution in [0, 0.1) is 0 Å². The smallest absolute Gasteiger partial charge is 0.264 e. The molecule has 0 saturated heterocycles. The molecule has 0 unspecified atom stereocenters. The molecule has 0 spiro atoms. The van der Waals surface area contributed by atoms with E-state index in [1.807, 2.05) is 11.3 Å². The van der Waals surface area contributed by atoms with E-state index in [1.165, 1.54) is 98.7 Å². The highest BCUT2D eigenvalue weighted by Crippen LogP contribution is 2.51. The van der Waals surface area contributed by atoms with E-state index in [4.69, 9.17) is 0 Å². The summed E-state index contributed by atoms with van der Waals surface area (Å²) >= 11 is 1.97. The van der Waals surface area contributed by atoms with Crippen molar-refractivity contribution in [2.24, 2.45) is 0 Å². The minimum Gasteiger partial charge on any atom is -0.311 e. The second kappa shape index (κ2) is 18.6. The van der Waals surface area contributed by atoms with E-state index >= 15 is 0 Å². The van der Waals surface area contributed by atoms with Crippen LogP contribution in [0.2, 0.25) is 0 Å². The van der Waals surface area contributed by atoms with Crippen molar-refractivity contribution in [3.63, 3.8) is 0 Å². The summed E-state index contributed by atoms with van der Waals surface area (Å²) in [5, 5.41) is 1.30. The molecule has 1 aromatic heterocycles. The van der Waals surface area contributed by atoms with Crippen molar-refractivity contribution in [3.05, 3.63) is 229 Å². The SMILES string of the molecule is CC(C)(C)c1ccc(N(c2ccc3c(c2)N(c2ccc(C(C)(C)C)cc2)c2cc(-c4ccccc4)cc4c2B3c2sc3ccc(C(C)(C)C)cc3c2N4c2ccc(C(C)(C)C)cc2)c2ccccc2-c2ccccc2)cc1. The van der Waals surface area contributed by atoms with E-state index in [9.17, 15) is 0 Å². The Hall–Kier alpha value is -7.60. The first kappa shape index (κ1) is 50.2. The summed E-state index contributed by atoms with van der Waals surface area (Å²) in [7, 11) is 0. The summed E-state index contributed by atoms with van der Waals surface area (Å²) in [4.78, 5) is 7.70. The van der Waals surface area contributed by atoms with Crippen LogP contribution < -0.4 is 30.4 Å². The highest BCUT2D eigenvalue weighted by Gasteiger charge is 2.46. The second-order valence-electron chi connectivity index (χ2n) is 25.5. The largest absolute Gasteiger partial charge is 0.311 e. The molecule has 10 aromatic rings. The van der Waals surface area contributed by atoms with Crippen LogP contribution in [0.4, 0.5) is 51.2 Å². The Morgan fingerprint density at radius 1 is 0.390 bits per heavy atom. The normalized spacial score (nSPS) is 13.4. The molecule has 0 atom stereocenters. The minimum atomic E-state index is -0.0503. The molecule has 2 aliphatic heterocycles. The minimum absolute atomic E-state index is 0.00829. The average Bonchev–Trinajstić information content (AvgIpc) is 4.00. The lowest BCUT2D eigenvalue weighted by Gasteiger charge is -2.44. The Morgan fingerprint density at radius 3 is 1.44 bits per heavy atom. The molecule has 0 radical (unpaired) electrons. The molecule has 0 bridgehead atoms. The van der Waals surface area contributed by atoms with Gasteiger partial charge in [0.05, 0.1) is 11.4 Å². The molecule has 3 heterocycles. The Balaban J connectivity index is 1.18. The molecule has 382 valence electrons. The van der Waals surface area contributed by atoms with E-state index in [-0.39, 0.29) is 28.4 Å². The topological polar surface area (TPSA) is 9.72 Å². The monoisotopic (exact) mass is 1020 g/mol. The van der Waals surface area contributed by atoms with Gasteiger partial charge in [0.25, 0.3) is 6.71 Å². The Morgan fingerprint density at radius 2 is 0.870 bits per heavy atom. The molecule has 2 aliphatic rings. The van der Waals surface area contributed by atoms with Crippen LogP contribution >= 0.6 is 11.3 Å². The fraction of sp³-hybridized carbons (Fsp3) is 0.222. The highest BCUT2D eigenvalue weighted by molar-refractivity contribution is 7.33. The maximum atomic E-state index is 2.62. The third kappa shape index (κ3) is 8.97. The van der Waals surface area contributed by atoms with Crippen LogP contribution in [0.25, 0.3) is 32.3 Å². The van der Waals surface area contributed by atoms with Gasteiger partial charge in [-0.25, -0.2) is 0 Å². The average molecular weight is 1020 g/mol. The molecule has 5 heteroatoms. The van der Waals surface area contributed by atoms with Gasteiger partial charge in [-0.3, -0.25) is 0 Å². The Labute approximate surface area is 462 Å². The van der Waals surface area contributed by atoms with Gasteiger partial charge in [0, 0.05) is 60.2 Å². The van der Waals surface area contributed by atoms with Crippen molar-refractivity contribution < 1.29 is 0 Å². The number of benzene rings is 9. The molecular formula is C72H70BN3S. The maximum absolute atomic E-state index is 2.62. The van der Waals surface area contributed by atoms with Crippen molar-refractivity contribution >= 4 is 95.0 Å². The lowest BCUT2D eigenvalue weighted by molar-refractivity contribution is 0.590. The predicted octanol–water partition coefficient (Wildman–Crippen LogP) is 19.0. The number of para-hydroxylation sites is 1. The van der Waals surface area contributed by atoms with Crippen molar-refractivity contribution in [2.45, 2.75) is 105 Å². The number of hydrogen-bond donors (Lipinski definition) is 0. The summed E-state index contributed by atoms with van der Waals surface area (Å²) < 4.78 is 2.67. The fourth-order valence-corrected chi connectivity index (χ4v) is 13.0. The molecule has 77 heavy (non-hydrogen) atoms. The van der Waals surface area contributed by atoms with Gasteiger partial charge >= 0.3 is 0 Å². The summed E-state index contributed by atoms with van der Waals surface area (Å²) in [6.45, 7) is 27.7. The first-order valence-corrected chi connectivity index (χ1v) is 28.3. The van der Waals surface area contributed by atoms with E-state index in [0.29, 0.717) is 0 Å². The Kier molecular flexibility index (Phi) is 12.1. The lowest BCUT2D eigenvalue weighted by Crippen LogP contribution is -2.60. The molecule has 3 nitrogen and oxygen atoms in total. The number of thiophene rings is 1. The van der Waals surface area contributed by atoms with Gasteiger partial charge in [-0.2, -0.15) is 0 Å². The van der Waals surface area contributed by atoms with E-state index in [0.717, 1.165) is 22.7 Å². The molecule has 0 N–H and O–H groups in total. The molecule has 0 aliphatic carbocycles. The molecule has 0 fully saturated rings. The first-order chi connectivity index (χ1) is 36.7. The number of rotatable bonds is 7. The Bertz CT molecular complexity index is 3830. The zero-order valence-corrected chi connectivity index (χ0v) is 47.8. The van der Waals surface area contributed by atoms with Crippen LogP contribution in [-0.4, -0.2) is 6.71 Å². The predicted molar refractivity (Wildman–Crippen MR) is 336 cm³/mol. The standard InChI is InChI=1S/C72H70BN3S/c1-69(2,3)50-27-34-54(35-28-50)74(61-26-20-19-25-58(61)48-23-17-14-18-24-48)57-40-41-60-62(46-57)75(55-36-29-51(30-37-55)70(4,5)6)63-43-49(47-21-15-13-16-22-47)44-64-66(63)73(60)68-67(59-45-53(72(10,11)12)33-42-65(59)77-68)76(64)56-38-31-52(32-39-56)71(7,8)9/h13-46H,1-12H3. The number of nitrogens with zero attached hydrogens (tertiary/aromatic N) is 3. The molecular weight excluding hydrogens is 950 g/mol. The maximum Gasteiger partial charge on any atom is 0.264 e. The van der Waals surface area contributed by atoms with Crippen molar-refractivity contribution in [1.29, 1.82) is 0 Å². The van der Waals surface area contributed by atoms with Crippen LogP contribution in [0.15, 0.2) is 206 Å². The van der Waals surface area contributed by atoms with Gasteiger partial charge in [-0.1, -0.05) is 210 Å². The van der Waals surface area contributed by atoms with Crippen molar-refractivity contribution in [1.82, 2.24) is 0 Å². The van der Waals surface area contributed by atoms with Crippen LogP contribution in [0.5, 0.6) is 0 Å². The summed E-state index contributed by atoms with van der Waals surface area (Å²) in [5.41, 5.74) is 23.1. The third-order valence-corrected chi connectivity index (χ3v) is 17.3. The van der Waals surface area contributed by atoms with Crippen LogP contribution in [0.3, 0.4) is 0 Å². The zero-order chi connectivity index (χ0) is 53.8. The van der Waals surface area contributed by atoms with E-state index < -0.39 is 0 Å². The number of anilines is 9. The van der Waals surface area contributed by atoms with Crippen molar-refractivity contribution in [3.8, 4) is 22.3 Å². The highest BCUT2D eigenvalue weighted by atomic mass is 32.1. The number of fused-ring (bicyclic) bond motifs is 6. The molecule has 9 aromatic carbocycles. The van der Waals surface area contributed by atoms with Gasteiger partial charge < -0.3 is 14.7 Å². The number of hydrogen-bond acceptors (Lipinski definition) is 4. The second-order valence-corrected chi connectivity index (χ2v) is 26.6. The van der Waals surface area contributed by atoms with Gasteiger partial charge in [0.1, 0.15) is 0 Å². The quantitative estimate of drug-likeness (QED) is 0.147. The lowest BCUT2D eigenvalue weighted by atomic mass is 9.36. The summed E-state index contributed by atoms with van der Waals surface area (Å²) in [6, 6.07) is 78.4. The van der Waals surface area contributed by atoms with Crippen LogP contribution in [-0.2, 0) is 21.7 Å². The molecule has 12 rings (SSSR count). The van der Waals surface area contributed by atoms with Gasteiger partial charge in [-0.15, -0.1) is 11.3 Å². The molecule has 0 amide bonds. The van der Waals surface area contributed by atoms with Crippen LogP contribution in [0.1, 0.15) is 105 Å². The first-order valence-electron chi connectivity index (χ1n) is 27.5. The van der Waals surface area contributed by atoms with E-state index in [1.54, 1.807) is 0 Å². The zero-order valence-electron chi connectivity index (χ0n) is 47.0. The van der Waals surface area contributed by atoms with Gasteiger partial charge in [0.2, 0.25) is 0 Å².